The number of likely N-dealkylation sites (tertiary alicyclic amines) is 1. The third kappa shape index (κ3) is 4.38. The second kappa shape index (κ2) is 6.13. The van der Waals surface area contributed by atoms with Gasteiger partial charge in [-0.2, -0.15) is 0 Å². The fraction of sp³-hybridized carbons (Fsp3) is 0.923. The van der Waals surface area contributed by atoms with Crippen molar-refractivity contribution in [3.63, 3.8) is 0 Å². The zero-order valence-corrected chi connectivity index (χ0v) is 11.4. The van der Waals surface area contributed by atoms with E-state index < -0.39 is 24.9 Å². The van der Waals surface area contributed by atoms with Crippen molar-refractivity contribution in [1.82, 2.24) is 15.5 Å². The monoisotopic (exact) mass is 275 g/mol. The molecule has 0 aliphatic carbocycles. The van der Waals surface area contributed by atoms with Gasteiger partial charge in [-0.3, -0.25) is 10.1 Å². The van der Waals surface area contributed by atoms with Crippen LogP contribution in [0.5, 0.6) is 0 Å². The van der Waals surface area contributed by atoms with Crippen LogP contribution >= 0.6 is 0 Å². The van der Waals surface area contributed by atoms with Crippen LogP contribution in [0.4, 0.5) is 8.78 Å². The van der Waals surface area contributed by atoms with E-state index in [4.69, 9.17) is 0 Å². The minimum absolute atomic E-state index is 0.00150. The molecule has 0 spiro atoms. The highest BCUT2D eigenvalue weighted by molar-refractivity contribution is 5.82. The van der Waals surface area contributed by atoms with Gasteiger partial charge in [0.2, 0.25) is 5.91 Å². The molecule has 2 aliphatic heterocycles. The van der Waals surface area contributed by atoms with Gasteiger partial charge in [0.25, 0.3) is 5.92 Å². The van der Waals surface area contributed by atoms with Gasteiger partial charge in [-0.05, 0) is 32.9 Å². The summed E-state index contributed by atoms with van der Waals surface area (Å²) in [5, 5.41) is 5.41. The first kappa shape index (κ1) is 14.7. The predicted octanol–water partition coefficient (Wildman–Crippen LogP) is 0.974. The molecule has 110 valence electrons. The molecule has 0 saturated carbocycles. The summed E-state index contributed by atoms with van der Waals surface area (Å²) in [6.45, 7) is 4.47. The van der Waals surface area contributed by atoms with Crippen molar-refractivity contribution in [3.8, 4) is 0 Å². The summed E-state index contributed by atoms with van der Waals surface area (Å²) < 4.78 is 26.0. The lowest BCUT2D eigenvalue weighted by Crippen LogP contribution is -2.48. The van der Waals surface area contributed by atoms with Crippen molar-refractivity contribution >= 4 is 5.91 Å². The van der Waals surface area contributed by atoms with Gasteiger partial charge in [-0.25, -0.2) is 8.78 Å². The number of carbonyl (C=O) groups excluding carboxylic acids is 1. The SMILES string of the molecule is CC(CN1CCCCC1)NC(=O)C1CC(F)(F)CN1. The number of piperidine rings is 1. The fourth-order valence-electron chi connectivity index (χ4n) is 2.82. The molecule has 19 heavy (non-hydrogen) atoms. The average molecular weight is 275 g/mol. The summed E-state index contributed by atoms with van der Waals surface area (Å²) >= 11 is 0. The summed E-state index contributed by atoms with van der Waals surface area (Å²) in [7, 11) is 0. The first-order valence-electron chi connectivity index (χ1n) is 7.10. The Morgan fingerprint density at radius 2 is 2.11 bits per heavy atom. The van der Waals surface area contributed by atoms with Crippen LogP contribution < -0.4 is 10.6 Å². The van der Waals surface area contributed by atoms with E-state index in [1.165, 1.54) is 19.3 Å². The van der Waals surface area contributed by atoms with Crippen molar-refractivity contribution in [2.45, 2.75) is 50.6 Å². The van der Waals surface area contributed by atoms with Gasteiger partial charge in [0.1, 0.15) is 0 Å². The van der Waals surface area contributed by atoms with Crippen molar-refractivity contribution < 1.29 is 13.6 Å². The van der Waals surface area contributed by atoms with Gasteiger partial charge in [0, 0.05) is 19.0 Å². The Labute approximate surface area is 112 Å². The van der Waals surface area contributed by atoms with Crippen LogP contribution in [0.3, 0.4) is 0 Å². The van der Waals surface area contributed by atoms with E-state index in [-0.39, 0.29) is 11.9 Å². The molecule has 2 unspecified atom stereocenters. The molecular formula is C13H23F2N3O. The molecule has 0 bridgehead atoms. The number of hydrogen-bond acceptors (Lipinski definition) is 3. The quantitative estimate of drug-likeness (QED) is 0.804. The lowest BCUT2D eigenvalue weighted by Gasteiger charge is -2.29. The number of rotatable bonds is 4. The van der Waals surface area contributed by atoms with Gasteiger partial charge in [0.15, 0.2) is 0 Å². The van der Waals surface area contributed by atoms with Gasteiger partial charge in [-0.1, -0.05) is 6.42 Å². The fourth-order valence-corrected chi connectivity index (χ4v) is 2.82. The van der Waals surface area contributed by atoms with Crippen LogP contribution in [0.2, 0.25) is 0 Å². The lowest BCUT2D eigenvalue weighted by molar-refractivity contribution is -0.124. The Kier molecular flexibility index (Phi) is 4.73. The molecule has 0 radical (unpaired) electrons. The van der Waals surface area contributed by atoms with Crippen LogP contribution in [0.1, 0.15) is 32.6 Å². The van der Waals surface area contributed by atoms with Crippen molar-refractivity contribution in [1.29, 1.82) is 0 Å². The number of alkyl halides is 2. The highest BCUT2D eigenvalue weighted by Gasteiger charge is 2.42. The summed E-state index contributed by atoms with van der Waals surface area (Å²) in [4.78, 5) is 14.2. The maximum Gasteiger partial charge on any atom is 0.262 e. The number of halogens is 2. The first-order chi connectivity index (χ1) is 8.96. The Balaban J connectivity index is 1.72. The Morgan fingerprint density at radius 3 is 2.68 bits per heavy atom. The maximum atomic E-state index is 13.0. The van der Waals surface area contributed by atoms with Gasteiger partial charge in [-0.15, -0.1) is 0 Å². The summed E-state index contributed by atoms with van der Waals surface area (Å²) in [6, 6.07) is -0.750. The van der Waals surface area contributed by atoms with E-state index in [9.17, 15) is 13.6 Å². The first-order valence-corrected chi connectivity index (χ1v) is 7.10. The summed E-state index contributed by atoms with van der Waals surface area (Å²) in [5.41, 5.74) is 0. The number of carbonyl (C=O) groups is 1. The minimum Gasteiger partial charge on any atom is -0.351 e. The topological polar surface area (TPSA) is 44.4 Å². The molecule has 0 aromatic rings. The largest absolute Gasteiger partial charge is 0.351 e. The Hall–Kier alpha value is -0.750. The standard InChI is InChI=1S/C13H23F2N3O/c1-10(8-18-5-3-2-4-6-18)17-12(19)11-7-13(14,15)9-16-11/h10-11,16H,2-9H2,1H3,(H,17,19). The number of nitrogens with one attached hydrogen (secondary N) is 2. The zero-order valence-electron chi connectivity index (χ0n) is 11.4. The molecule has 2 rings (SSSR count). The van der Waals surface area contributed by atoms with E-state index in [0.29, 0.717) is 0 Å². The van der Waals surface area contributed by atoms with Gasteiger partial charge < -0.3 is 10.2 Å². The van der Waals surface area contributed by atoms with E-state index >= 15 is 0 Å². The van der Waals surface area contributed by atoms with E-state index in [0.717, 1.165) is 19.6 Å². The molecule has 2 saturated heterocycles. The predicted molar refractivity (Wildman–Crippen MR) is 69.3 cm³/mol. The van der Waals surface area contributed by atoms with Crippen molar-refractivity contribution in [2.75, 3.05) is 26.2 Å². The van der Waals surface area contributed by atoms with Crippen LogP contribution in [-0.2, 0) is 4.79 Å². The van der Waals surface area contributed by atoms with Crippen molar-refractivity contribution in [3.05, 3.63) is 0 Å². The summed E-state index contributed by atoms with van der Waals surface area (Å²) in [5.74, 6) is -3.06. The number of amides is 1. The second-order valence-corrected chi connectivity index (χ2v) is 5.76. The average Bonchev–Trinajstić information content (AvgIpc) is 2.71. The number of hydrogen-bond donors (Lipinski definition) is 2. The minimum atomic E-state index is -2.75. The Bertz CT molecular complexity index is 319. The third-order valence-corrected chi connectivity index (χ3v) is 3.80. The van der Waals surface area contributed by atoms with Gasteiger partial charge in [0.05, 0.1) is 12.6 Å². The highest BCUT2D eigenvalue weighted by atomic mass is 19.3. The van der Waals surface area contributed by atoms with Crippen LogP contribution in [-0.4, -0.2) is 55.0 Å². The molecule has 4 nitrogen and oxygen atoms in total. The normalized spacial score (nSPS) is 29.1. The molecule has 0 aromatic carbocycles. The van der Waals surface area contributed by atoms with Crippen LogP contribution in [0.15, 0.2) is 0 Å². The van der Waals surface area contributed by atoms with Crippen molar-refractivity contribution in [2.24, 2.45) is 0 Å². The van der Waals surface area contributed by atoms with Crippen LogP contribution in [0.25, 0.3) is 0 Å². The molecule has 2 fully saturated rings. The summed E-state index contributed by atoms with van der Waals surface area (Å²) in [6.07, 6.45) is 3.29. The number of nitrogens with zero attached hydrogens (tertiary/aromatic N) is 1. The molecule has 2 atom stereocenters. The van der Waals surface area contributed by atoms with Crippen LogP contribution in [0, 0.1) is 0 Å². The molecule has 2 aliphatic rings. The second-order valence-electron chi connectivity index (χ2n) is 5.76. The Morgan fingerprint density at radius 1 is 1.42 bits per heavy atom. The molecule has 1 amide bonds. The smallest absolute Gasteiger partial charge is 0.262 e. The zero-order chi connectivity index (χ0) is 13.9. The van der Waals surface area contributed by atoms with Gasteiger partial charge >= 0.3 is 0 Å². The van der Waals surface area contributed by atoms with E-state index in [2.05, 4.69) is 15.5 Å². The highest BCUT2D eigenvalue weighted by Crippen LogP contribution is 2.25. The third-order valence-electron chi connectivity index (χ3n) is 3.80. The lowest BCUT2D eigenvalue weighted by atomic mass is 10.1. The van der Waals surface area contributed by atoms with E-state index in [1.54, 1.807) is 0 Å². The molecular weight excluding hydrogens is 252 g/mol. The molecule has 6 heteroatoms. The molecule has 0 aromatic heterocycles. The molecule has 2 N–H and O–H groups in total. The molecule has 2 heterocycles. The van der Waals surface area contributed by atoms with E-state index in [1.807, 2.05) is 6.92 Å². The maximum absolute atomic E-state index is 13.0.